The summed E-state index contributed by atoms with van der Waals surface area (Å²) in [5.41, 5.74) is 6.72. The number of rotatable bonds is 8. The molecule has 0 amide bonds. The number of hydrogen-bond acceptors (Lipinski definition) is 5. The SMILES string of the molecule is CNCC(=O)CCCN1CCC(n2cc(CN)cn2)CC1. The topological polar surface area (TPSA) is 76.2 Å². The number of nitrogens with one attached hydrogen (secondary N) is 1. The summed E-state index contributed by atoms with van der Waals surface area (Å²) in [6.07, 6.45) is 7.81. The Hall–Kier alpha value is -1.24. The van der Waals surface area contributed by atoms with Crippen molar-refractivity contribution < 1.29 is 4.79 Å². The van der Waals surface area contributed by atoms with Crippen molar-refractivity contribution >= 4 is 5.78 Å². The second-order valence-electron chi connectivity index (χ2n) is 5.78. The molecule has 0 bridgehead atoms. The Morgan fingerprint density at radius 1 is 1.48 bits per heavy atom. The molecule has 1 aliphatic heterocycles. The molecule has 2 rings (SSSR count). The van der Waals surface area contributed by atoms with E-state index in [1.807, 2.05) is 13.2 Å². The Kier molecular flexibility index (Phi) is 6.35. The van der Waals surface area contributed by atoms with Gasteiger partial charge in [-0.2, -0.15) is 5.10 Å². The number of likely N-dealkylation sites (tertiary alicyclic amines) is 1. The molecule has 6 nitrogen and oxygen atoms in total. The summed E-state index contributed by atoms with van der Waals surface area (Å²) in [5.74, 6) is 0.304. The summed E-state index contributed by atoms with van der Waals surface area (Å²) in [6, 6.07) is 0.493. The van der Waals surface area contributed by atoms with Gasteiger partial charge in [-0.15, -0.1) is 0 Å². The standard InChI is InChI=1S/C15H27N5O/c1-17-11-15(21)3-2-6-19-7-4-14(5-8-19)20-12-13(9-16)10-18-20/h10,12,14,17H,2-9,11,16H2,1H3. The number of Topliss-reactive ketones (excluding diaryl/α,β-unsaturated/α-hetero) is 1. The zero-order valence-electron chi connectivity index (χ0n) is 12.9. The van der Waals surface area contributed by atoms with Crippen molar-refractivity contribution in [2.75, 3.05) is 33.2 Å². The molecule has 21 heavy (non-hydrogen) atoms. The molecule has 0 aromatic carbocycles. The van der Waals surface area contributed by atoms with Gasteiger partial charge in [0.05, 0.1) is 18.8 Å². The molecule has 0 unspecified atom stereocenters. The number of carbonyl (C=O) groups is 1. The number of carbonyl (C=O) groups excluding carboxylic acids is 1. The Balaban J connectivity index is 1.67. The fourth-order valence-electron chi connectivity index (χ4n) is 2.88. The van der Waals surface area contributed by atoms with Crippen LogP contribution in [0.5, 0.6) is 0 Å². The van der Waals surface area contributed by atoms with E-state index in [-0.39, 0.29) is 0 Å². The summed E-state index contributed by atoms with van der Waals surface area (Å²) >= 11 is 0. The van der Waals surface area contributed by atoms with Crippen LogP contribution in [0.3, 0.4) is 0 Å². The van der Waals surface area contributed by atoms with Crippen LogP contribution in [0.15, 0.2) is 12.4 Å². The first-order valence-corrected chi connectivity index (χ1v) is 7.84. The average Bonchev–Trinajstić information content (AvgIpc) is 2.97. The third-order valence-electron chi connectivity index (χ3n) is 4.13. The molecule has 1 aromatic heterocycles. The van der Waals surface area contributed by atoms with Crippen LogP contribution in [-0.2, 0) is 11.3 Å². The summed E-state index contributed by atoms with van der Waals surface area (Å²) < 4.78 is 2.07. The molecule has 1 aliphatic rings. The number of ketones is 1. The van der Waals surface area contributed by atoms with E-state index in [0.717, 1.165) is 44.5 Å². The second kappa shape index (κ2) is 8.26. The average molecular weight is 293 g/mol. The fourth-order valence-corrected chi connectivity index (χ4v) is 2.88. The van der Waals surface area contributed by atoms with Crippen molar-refractivity contribution in [3.05, 3.63) is 18.0 Å². The summed E-state index contributed by atoms with van der Waals surface area (Å²) in [4.78, 5) is 13.9. The molecular formula is C15H27N5O. The number of hydrogen-bond donors (Lipinski definition) is 2. The number of aromatic nitrogens is 2. The van der Waals surface area contributed by atoms with E-state index < -0.39 is 0 Å². The van der Waals surface area contributed by atoms with E-state index in [0.29, 0.717) is 31.3 Å². The Morgan fingerprint density at radius 2 is 2.24 bits per heavy atom. The van der Waals surface area contributed by atoms with Gasteiger partial charge in [0, 0.05) is 37.8 Å². The van der Waals surface area contributed by atoms with Gasteiger partial charge in [0.25, 0.3) is 0 Å². The van der Waals surface area contributed by atoms with E-state index in [4.69, 9.17) is 5.73 Å². The van der Waals surface area contributed by atoms with Crippen molar-refractivity contribution in [1.82, 2.24) is 20.0 Å². The third-order valence-corrected chi connectivity index (χ3v) is 4.13. The van der Waals surface area contributed by atoms with E-state index >= 15 is 0 Å². The van der Waals surface area contributed by atoms with E-state index in [1.165, 1.54) is 0 Å². The van der Waals surface area contributed by atoms with Gasteiger partial charge in [0.2, 0.25) is 0 Å². The van der Waals surface area contributed by atoms with Crippen LogP contribution in [0.2, 0.25) is 0 Å². The maximum atomic E-state index is 11.4. The van der Waals surface area contributed by atoms with Crippen LogP contribution < -0.4 is 11.1 Å². The molecule has 3 N–H and O–H groups in total. The van der Waals surface area contributed by atoms with Crippen LogP contribution in [0.4, 0.5) is 0 Å². The first-order valence-electron chi connectivity index (χ1n) is 7.84. The van der Waals surface area contributed by atoms with Crippen LogP contribution in [-0.4, -0.2) is 53.7 Å². The Bertz CT molecular complexity index is 437. The molecule has 1 aromatic rings. The number of likely N-dealkylation sites (N-methyl/N-ethyl adjacent to an activating group) is 1. The van der Waals surface area contributed by atoms with Gasteiger partial charge >= 0.3 is 0 Å². The molecule has 0 spiro atoms. The molecule has 1 fully saturated rings. The minimum Gasteiger partial charge on any atom is -0.326 e. The molecule has 1 saturated heterocycles. The summed E-state index contributed by atoms with van der Waals surface area (Å²) in [6.45, 7) is 4.24. The molecule has 0 saturated carbocycles. The normalized spacial score (nSPS) is 17.2. The Morgan fingerprint density at radius 3 is 2.86 bits per heavy atom. The molecule has 0 radical (unpaired) electrons. The van der Waals surface area contributed by atoms with E-state index in [1.54, 1.807) is 0 Å². The van der Waals surface area contributed by atoms with Crippen LogP contribution in [0.25, 0.3) is 0 Å². The quantitative estimate of drug-likeness (QED) is 0.732. The van der Waals surface area contributed by atoms with Crippen molar-refractivity contribution in [3.8, 4) is 0 Å². The zero-order chi connectivity index (χ0) is 15.1. The molecule has 6 heteroatoms. The smallest absolute Gasteiger partial charge is 0.146 e. The lowest BCUT2D eigenvalue weighted by atomic mass is 10.0. The maximum absolute atomic E-state index is 11.4. The number of nitrogens with zero attached hydrogens (tertiary/aromatic N) is 3. The highest BCUT2D eigenvalue weighted by Gasteiger charge is 2.20. The monoisotopic (exact) mass is 293 g/mol. The van der Waals surface area contributed by atoms with Crippen LogP contribution >= 0.6 is 0 Å². The molecule has 118 valence electrons. The fraction of sp³-hybridized carbons (Fsp3) is 0.733. The largest absolute Gasteiger partial charge is 0.326 e. The highest BCUT2D eigenvalue weighted by Crippen LogP contribution is 2.22. The highest BCUT2D eigenvalue weighted by molar-refractivity contribution is 5.80. The predicted octanol–water partition coefficient (Wildman–Crippen LogP) is 0.547. The molecule has 0 aliphatic carbocycles. The number of nitrogens with two attached hydrogens (primary N) is 1. The van der Waals surface area contributed by atoms with Gasteiger partial charge in [-0.05, 0) is 32.9 Å². The van der Waals surface area contributed by atoms with E-state index in [9.17, 15) is 4.79 Å². The minimum atomic E-state index is 0.304. The highest BCUT2D eigenvalue weighted by atomic mass is 16.1. The summed E-state index contributed by atoms with van der Waals surface area (Å²) in [5, 5.41) is 7.31. The van der Waals surface area contributed by atoms with Crippen molar-refractivity contribution in [1.29, 1.82) is 0 Å². The minimum absolute atomic E-state index is 0.304. The van der Waals surface area contributed by atoms with Gasteiger partial charge in [0.15, 0.2) is 0 Å². The van der Waals surface area contributed by atoms with Gasteiger partial charge in [0.1, 0.15) is 5.78 Å². The molecule has 0 atom stereocenters. The van der Waals surface area contributed by atoms with Gasteiger partial charge < -0.3 is 16.0 Å². The number of piperidine rings is 1. The van der Waals surface area contributed by atoms with Gasteiger partial charge in [-0.3, -0.25) is 9.48 Å². The van der Waals surface area contributed by atoms with Crippen LogP contribution in [0.1, 0.15) is 37.3 Å². The van der Waals surface area contributed by atoms with Crippen LogP contribution in [0, 0.1) is 0 Å². The first kappa shape index (κ1) is 16.1. The van der Waals surface area contributed by atoms with Crippen molar-refractivity contribution in [2.24, 2.45) is 5.73 Å². The van der Waals surface area contributed by atoms with Crippen molar-refractivity contribution in [2.45, 2.75) is 38.3 Å². The third kappa shape index (κ3) is 4.91. The van der Waals surface area contributed by atoms with Gasteiger partial charge in [-0.25, -0.2) is 0 Å². The molecule has 2 heterocycles. The summed E-state index contributed by atoms with van der Waals surface area (Å²) in [7, 11) is 1.81. The van der Waals surface area contributed by atoms with Gasteiger partial charge in [-0.1, -0.05) is 0 Å². The maximum Gasteiger partial charge on any atom is 0.146 e. The van der Waals surface area contributed by atoms with Crippen molar-refractivity contribution in [3.63, 3.8) is 0 Å². The lowest BCUT2D eigenvalue weighted by Crippen LogP contribution is -2.35. The zero-order valence-corrected chi connectivity index (χ0v) is 12.9. The first-order chi connectivity index (χ1) is 10.2. The predicted molar refractivity (Wildman–Crippen MR) is 83.0 cm³/mol. The second-order valence-corrected chi connectivity index (χ2v) is 5.78. The molecular weight excluding hydrogens is 266 g/mol. The lowest BCUT2D eigenvalue weighted by Gasteiger charge is -2.32. The van der Waals surface area contributed by atoms with E-state index in [2.05, 4.69) is 26.2 Å². The lowest BCUT2D eigenvalue weighted by molar-refractivity contribution is -0.118. The Labute approximate surface area is 126 Å².